The Morgan fingerprint density at radius 3 is 1.79 bits per heavy atom. The number of benzene rings is 3. The molecule has 0 heterocycles. The van der Waals surface area contributed by atoms with Crippen molar-refractivity contribution < 1.29 is 28.5 Å². The molecule has 1 amide bonds. The molecule has 7 heteroatoms. The molecule has 0 fully saturated rings. The van der Waals surface area contributed by atoms with Crippen molar-refractivity contribution in [3.8, 4) is 28.7 Å². The van der Waals surface area contributed by atoms with Crippen LogP contribution in [0.15, 0.2) is 54.6 Å². The Balaban J connectivity index is 2.00. The monoisotopic (exact) mass is 449 g/mol. The second kappa shape index (κ2) is 10.9. The molecule has 0 saturated carbocycles. The summed E-state index contributed by atoms with van der Waals surface area (Å²) in [6.45, 7) is 0. The highest BCUT2D eigenvalue weighted by atomic mass is 16.5. The Hall–Kier alpha value is -4.13. The zero-order valence-electron chi connectivity index (χ0n) is 19.3. The normalized spacial score (nSPS) is 10.6. The molecule has 3 aromatic carbocycles. The van der Waals surface area contributed by atoms with E-state index in [0.717, 1.165) is 11.3 Å². The summed E-state index contributed by atoms with van der Waals surface area (Å²) in [5.41, 5.74) is 2.47. The molecule has 0 aromatic heterocycles. The molecular formula is C26H27NO6. The average molecular weight is 450 g/mol. The summed E-state index contributed by atoms with van der Waals surface area (Å²) in [4.78, 5) is 13.3. The Morgan fingerprint density at radius 1 is 0.667 bits per heavy atom. The van der Waals surface area contributed by atoms with Crippen LogP contribution in [0, 0.1) is 0 Å². The van der Waals surface area contributed by atoms with Gasteiger partial charge in [0.2, 0.25) is 0 Å². The molecule has 33 heavy (non-hydrogen) atoms. The maximum absolute atomic E-state index is 13.3. The van der Waals surface area contributed by atoms with Crippen LogP contribution >= 0.6 is 0 Å². The van der Waals surface area contributed by atoms with Crippen LogP contribution in [0.3, 0.4) is 0 Å². The maximum Gasteiger partial charge on any atom is 0.260 e. The topological polar surface area (TPSA) is 75.3 Å². The van der Waals surface area contributed by atoms with Crippen LogP contribution in [0.2, 0.25) is 0 Å². The number of hydrogen-bond acceptors (Lipinski definition) is 6. The number of nitrogens with one attached hydrogen (secondary N) is 1. The highest BCUT2D eigenvalue weighted by molar-refractivity contribution is 6.09. The minimum Gasteiger partial charge on any atom is -0.497 e. The summed E-state index contributed by atoms with van der Waals surface area (Å²) in [5, 5.41) is 2.90. The lowest BCUT2D eigenvalue weighted by molar-refractivity contribution is 0.102. The van der Waals surface area contributed by atoms with E-state index in [-0.39, 0.29) is 5.91 Å². The first kappa shape index (κ1) is 23.5. The van der Waals surface area contributed by atoms with Gasteiger partial charge in [0, 0.05) is 30.0 Å². The van der Waals surface area contributed by atoms with Crippen molar-refractivity contribution in [2.75, 3.05) is 40.9 Å². The van der Waals surface area contributed by atoms with E-state index >= 15 is 0 Å². The van der Waals surface area contributed by atoms with Crippen LogP contribution in [0.5, 0.6) is 28.7 Å². The van der Waals surface area contributed by atoms with Gasteiger partial charge in [-0.1, -0.05) is 24.3 Å². The molecule has 7 nitrogen and oxygen atoms in total. The molecule has 0 spiro atoms. The van der Waals surface area contributed by atoms with Gasteiger partial charge in [0.05, 0.1) is 41.1 Å². The number of anilines is 1. The third-order valence-corrected chi connectivity index (χ3v) is 4.97. The zero-order valence-corrected chi connectivity index (χ0v) is 19.3. The van der Waals surface area contributed by atoms with Crippen molar-refractivity contribution in [2.45, 2.75) is 0 Å². The Labute approximate surface area is 193 Å². The number of methoxy groups -OCH3 is 5. The van der Waals surface area contributed by atoms with Crippen molar-refractivity contribution in [3.63, 3.8) is 0 Å². The molecule has 0 saturated heterocycles. The van der Waals surface area contributed by atoms with E-state index in [1.807, 2.05) is 36.4 Å². The Bertz CT molecular complexity index is 1120. The fraction of sp³-hybridized carbons (Fsp3) is 0.192. The molecule has 3 rings (SSSR count). The Kier molecular flexibility index (Phi) is 7.81. The minimum absolute atomic E-state index is 0.348. The largest absolute Gasteiger partial charge is 0.497 e. The molecule has 0 bridgehead atoms. The summed E-state index contributed by atoms with van der Waals surface area (Å²) >= 11 is 0. The Morgan fingerprint density at radius 2 is 1.24 bits per heavy atom. The van der Waals surface area contributed by atoms with Crippen LogP contribution in [0.25, 0.3) is 12.2 Å². The standard InChI is InChI=1S/C26H27NO6/c1-29-20-10-7-17(8-11-20)6-9-18-12-21(30-2)16-24(33-5)25(18)26(28)27-19-13-22(31-3)15-23(14-19)32-4/h6-16H,1-5H3,(H,27,28)/b9-6+. The lowest BCUT2D eigenvalue weighted by Gasteiger charge is -2.15. The number of hydrogen-bond donors (Lipinski definition) is 1. The third kappa shape index (κ3) is 5.77. The van der Waals surface area contributed by atoms with E-state index in [4.69, 9.17) is 23.7 Å². The zero-order chi connectivity index (χ0) is 23.8. The summed E-state index contributed by atoms with van der Waals surface area (Å²) in [5.74, 6) is 2.50. The van der Waals surface area contributed by atoms with Gasteiger partial charge < -0.3 is 29.0 Å². The molecule has 0 aliphatic heterocycles. The van der Waals surface area contributed by atoms with Crippen molar-refractivity contribution in [1.29, 1.82) is 0 Å². The van der Waals surface area contributed by atoms with Gasteiger partial charge in [-0.25, -0.2) is 0 Å². The lowest BCUT2D eigenvalue weighted by atomic mass is 10.0. The van der Waals surface area contributed by atoms with Gasteiger partial charge in [-0.3, -0.25) is 4.79 Å². The molecule has 1 N–H and O–H groups in total. The highest BCUT2D eigenvalue weighted by Gasteiger charge is 2.19. The van der Waals surface area contributed by atoms with Gasteiger partial charge in [0.25, 0.3) is 5.91 Å². The predicted octanol–water partition coefficient (Wildman–Crippen LogP) is 5.15. The van der Waals surface area contributed by atoms with E-state index in [2.05, 4.69) is 5.32 Å². The second-order valence-electron chi connectivity index (χ2n) is 6.96. The molecule has 0 unspecified atom stereocenters. The molecule has 0 aliphatic rings. The summed E-state index contributed by atoms with van der Waals surface area (Å²) < 4.78 is 26.7. The third-order valence-electron chi connectivity index (χ3n) is 4.97. The summed E-state index contributed by atoms with van der Waals surface area (Å²) in [6.07, 6.45) is 3.74. The fourth-order valence-corrected chi connectivity index (χ4v) is 3.24. The fourth-order valence-electron chi connectivity index (χ4n) is 3.24. The maximum atomic E-state index is 13.3. The van der Waals surface area contributed by atoms with Crippen LogP contribution in [0.4, 0.5) is 5.69 Å². The first-order valence-corrected chi connectivity index (χ1v) is 10.1. The van der Waals surface area contributed by atoms with Crippen molar-refractivity contribution >= 4 is 23.7 Å². The quantitative estimate of drug-likeness (QED) is 0.455. The number of carbonyl (C=O) groups excluding carboxylic acids is 1. The van der Waals surface area contributed by atoms with E-state index in [9.17, 15) is 4.79 Å². The van der Waals surface area contributed by atoms with E-state index in [1.54, 1.807) is 58.8 Å². The van der Waals surface area contributed by atoms with E-state index in [0.29, 0.717) is 39.8 Å². The first-order valence-electron chi connectivity index (χ1n) is 10.1. The summed E-state index contributed by atoms with van der Waals surface area (Å²) in [6, 6.07) is 16.2. The number of ether oxygens (including phenoxy) is 5. The van der Waals surface area contributed by atoms with Crippen LogP contribution in [0.1, 0.15) is 21.5 Å². The first-order chi connectivity index (χ1) is 16.0. The molecule has 0 aliphatic carbocycles. The van der Waals surface area contributed by atoms with Crippen molar-refractivity contribution in [1.82, 2.24) is 0 Å². The lowest BCUT2D eigenvalue weighted by Crippen LogP contribution is -2.15. The van der Waals surface area contributed by atoms with Crippen LogP contribution in [-0.4, -0.2) is 41.5 Å². The predicted molar refractivity (Wildman–Crippen MR) is 129 cm³/mol. The van der Waals surface area contributed by atoms with Gasteiger partial charge in [-0.15, -0.1) is 0 Å². The molecule has 3 aromatic rings. The highest BCUT2D eigenvalue weighted by Crippen LogP contribution is 2.32. The van der Waals surface area contributed by atoms with Gasteiger partial charge in [0.1, 0.15) is 28.7 Å². The number of amides is 1. The molecule has 172 valence electrons. The van der Waals surface area contributed by atoms with E-state index in [1.165, 1.54) is 7.11 Å². The van der Waals surface area contributed by atoms with E-state index < -0.39 is 0 Å². The number of rotatable bonds is 9. The average Bonchev–Trinajstić information content (AvgIpc) is 2.86. The molecule has 0 atom stereocenters. The second-order valence-corrected chi connectivity index (χ2v) is 6.96. The molecule has 0 radical (unpaired) electrons. The van der Waals surface area contributed by atoms with Crippen molar-refractivity contribution in [3.05, 3.63) is 71.3 Å². The van der Waals surface area contributed by atoms with Gasteiger partial charge in [0.15, 0.2) is 0 Å². The van der Waals surface area contributed by atoms with Gasteiger partial charge in [-0.2, -0.15) is 0 Å². The SMILES string of the molecule is COc1ccc(/C=C/c2cc(OC)cc(OC)c2C(=O)Nc2cc(OC)cc(OC)c2)cc1. The smallest absolute Gasteiger partial charge is 0.260 e. The summed E-state index contributed by atoms with van der Waals surface area (Å²) in [7, 11) is 7.80. The van der Waals surface area contributed by atoms with Crippen LogP contribution < -0.4 is 29.0 Å². The minimum atomic E-state index is -0.348. The number of carbonyl (C=O) groups is 1. The van der Waals surface area contributed by atoms with Gasteiger partial charge >= 0.3 is 0 Å². The molecular weight excluding hydrogens is 422 g/mol. The van der Waals surface area contributed by atoms with Crippen LogP contribution in [-0.2, 0) is 0 Å². The van der Waals surface area contributed by atoms with Gasteiger partial charge in [-0.05, 0) is 29.3 Å². The van der Waals surface area contributed by atoms with Crippen molar-refractivity contribution in [2.24, 2.45) is 0 Å².